The zero-order chi connectivity index (χ0) is 19.8. The van der Waals surface area contributed by atoms with Crippen LogP contribution in [0.3, 0.4) is 0 Å². The number of nitro benzene ring substituents is 1. The van der Waals surface area contributed by atoms with Gasteiger partial charge in [0.2, 0.25) is 0 Å². The molecule has 0 aromatic heterocycles. The van der Waals surface area contributed by atoms with E-state index < -0.39 is 4.92 Å². The Morgan fingerprint density at radius 1 is 1.19 bits per heavy atom. The van der Waals surface area contributed by atoms with Crippen molar-refractivity contribution in [1.29, 1.82) is 0 Å². The van der Waals surface area contributed by atoms with E-state index in [0.717, 1.165) is 24.2 Å². The van der Waals surface area contributed by atoms with Gasteiger partial charge in [0.25, 0.3) is 5.69 Å². The van der Waals surface area contributed by atoms with Crippen molar-refractivity contribution in [3.8, 4) is 11.5 Å². The molecule has 0 saturated heterocycles. The number of halogens is 1. The number of rotatable bonds is 10. The van der Waals surface area contributed by atoms with Crippen molar-refractivity contribution in [3.05, 3.63) is 62.7 Å². The van der Waals surface area contributed by atoms with Crippen LogP contribution in [0.4, 0.5) is 5.69 Å². The SMILES string of the molecule is COc1cc(CNCCN(C)C)c(Cl)cc1OCc1ccc([N+](=O)[O-])cc1. The summed E-state index contributed by atoms with van der Waals surface area (Å²) < 4.78 is 11.2. The molecule has 0 aliphatic rings. The van der Waals surface area contributed by atoms with Gasteiger partial charge in [-0.05, 0) is 43.4 Å². The standard InChI is InChI=1S/C19H24ClN3O4/c1-22(2)9-8-21-12-15-10-18(26-3)19(11-17(15)20)27-13-14-4-6-16(7-5-14)23(24)25/h4-7,10-11,21H,8-9,12-13H2,1-3H3. The number of hydrogen-bond acceptors (Lipinski definition) is 6. The van der Waals surface area contributed by atoms with Crippen molar-refractivity contribution in [1.82, 2.24) is 10.2 Å². The van der Waals surface area contributed by atoms with Crippen molar-refractivity contribution in [2.45, 2.75) is 13.2 Å². The van der Waals surface area contributed by atoms with Crippen LogP contribution < -0.4 is 14.8 Å². The number of benzene rings is 2. The molecular formula is C19H24ClN3O4. The topological polar surface area (TPSA) is 76.9 Å². The van der Waals surface area contributed by atoms with Gasteiger partial charge in [-0.15, -0.1) is 0 Å². The predicted molar refractivity (Wildman–Crippen MR) is 106 cm³/mol. The summed E-state index contributed by atoms with van der Waals surface area (Å²) in [7, 11) is 5.62. The van der Waals surface area contributed by atoms with Gasteiger partial charge in [-0.1, -0.05) is 11.6 Å². The molecule has 8 heteroatoms. The Hall–Kier alpha value is -2.35. The molecule has 146 valence electrons. The summed E-state index contributed by atoms with van der Waals surface area (Å²) in [4.78, 5) is 12.4. The number of likely N-dealkylation sites (N-methyl/N-ethyl adjacent to an activating group) is 1. The van der Waals surface area contributed by atoms with E-state index in [1.54, 1.807) is 25.3 Å². The quantitative estimate of drug-likeness (QED) is 0.378. The molecule has 0 amide bonds. The van der Waals surface area contributed by atoms with E-state index >= 15 is 0 Å². The monoisotopic (exact) mass is 393 g/mol. The van der Waals surface area contributed by atoms with E-state index in [1.807, 2.05) is 20.2 Å². The van der Waals surface area contributed by atoms with Gasteiger partial charge in [0.1, 0.15) is 6.61 Å². The maximum absolute atomic E-state index is 10.7. The lowest BCUT2D eigenvalue weighted by Crippen LogP contribution is -2.26. The number of hydrogen-bond donors (Lipinski definition) is 1. The lowest BCUT2D eigenvalue weighted by Gasteiger charge is -2.15. The van der Waals surface area contributed by atoms with Crippen LogP contribution in [0.25, 0.3) is 0 Å². The van der Waals surface area contributed by atoms with E-state index in [-0.39, 0.29) is 12.3 Å². The van der Waals surface area contributed by atoms with Crippen LogP contribution in [0.2, 0.25) is 5.02 Å². The summed E-state index contributed by atoms with van der Waals surface area (Å²) in [5, 5.41) is 14.6. The fraction of sp³-hybridized carbons (Fsp3) is 0.368. The van der Waals surface area contributed by atoms with Crippen LogP contribution in [0.1, 0.15) is 11.1 Å². The maximum Gasteiger partial charge on any atom is 0.269 e. The fourth-order valence-corrected chi connectivity index (χ4v) is 2.61. The average Bonchev–Trinajstić information content (AvgIpc) is 2.64. The first-order valence-electron chi connectivity index (χ1n) is 8.48. The molecule has 0 radical (unpaired) electrons. The molecule has 0 atom stereocenters. The zero-order valence-electron chi connectivity index (χ0n) is 15.7. The van der Waals surface area contributed by atoms with Gasteiger partial charge in [-0.25, -0.2) is 0 Å². The largest absolute Gasteiger partial charge is 0.493 e. The van der Waals surface area contributed by atoms with Crippen molar-refractivity contribution < 1.29 is 14.4 Å². The van der Waals surface area contributed by atoms with Gasteiger partial charge >= 0.3 is 0 Å². The van der Waals surface area contributed by atoms with Crippen LogP contribution in [-0.4, -0.2) is 44.1 Å². The minimum Gasteiger partial charge on any atom is -0.493 e. The minimum absolute atomic E-state index is 0.0468. The second-order valence-corrected chi connectivity index (χ2v) is 6.69. The third-order valence-corrected chi connectivity index (χ3v) is 4.28. The van der Waals surface area contributed by atoms with Crippen molar-refractivity contribution in [2.24, 2.45) is 0 Å². The second-order valence-electron chi connectivity index (χ2n) is 6.29. The molecule has 1 N–H and O–H groups in total. The first kappa shape index (κ1) is 21.0. The summed E-state index contributed by atoms with van der Waals surface area (Å²) in [6, 6.07) is 9.81. The van der Waals surface area contributed by atoms with Crippen LogP contribution in [0.5, 0.6) is 11.5 Å². The number of nitrogens with zero attached hydrogens (tertiary/aromatic N) is 2. The van der Waals surface area contributed by atoms with Gasteiger partial charge in [-0.3, -0.25) is 10.1 Å². The molecule has 2 aromatic carbocycles. The lowest BCUT2D eigenvalue weighted by molar-refractivity contribution is -0.384. The summed E-state index contributed by atoms with van der Waals surface area (Å²) in [6.07, 6.45) is 0. The fourth-order valence-electron chi connectivity index (χ4n) is 2.39. The number of methoxy groups -OCH3 is 1. The Labute approximate surface area is 164 Å². The summed E-state index contributed by atoms with van der Waals surface area (Å²) in [5.74, 6) is 1.11. The molecule has 0 fully saturated rings. The lowest BCUT2D eigenvalue weighted by atomic mass is 10.2. The third kappa shape index (κ3) is 6.39. The van der Waals surface area contributed by atoms with Gasteiger partial charge in [0.05, 0.1) is 12.0 Å². The highest BCUT2D eigenvalue weighted by atomic mass is 35.5. The molecule has 2 rings (SSSR count). The molecule has 0 aliphatic heterocycles. The first-order chi connectivity index (χ1) is 12.9. The maximum atomic E-state index is 10.7. The summed E-state index contributed by atoms with van der Waals surface area (Å²) in [5.41, 5.74) is 1.79. The van der Waals surface area contributed by atoms with E-state index in [0.29, 0.717) is 23.1 Å². The third-order valence-electron chi connectivity index (χ3n) is 3.93. The van der Waals surface area contributed by atoms with E-state index in [2.05, 4.69) is 10.2 Å². The van der Waals surface area contributed by atoms with Crippen LogP contribution in [-0.2, 0) is 13.2 Å². The van der Waals surface area contributed by atoms with Crippen LogP contribution in [0, 0.1) is 10.1 Å². The minimum atomic E-state index is -0.432. The Kier molecular flexibility index (Phi) is 7.84. The van der Waals surface area contributed by atoms with Crippen LogP contribution >= 0.6 is 11.6 Å². The Balaban J connectivity index is 2.01. The number of nitro groups is 1. The number of non-ortho nitro benzene ring substituents is 1. The molecule has 0 bridgehead atoms. The van der Waals surface area contributed by atoms with Crippen molar-refractivity contribution in [2.75, 3.05) is 34.3 Å². The Morgan fingerprint density at radius 2 is 1.89 bits per heavy atom. The molecule has 7 nitrogen and oxygen atoms in total. The summed E-state index contributed by atoms with van der Waals surface area (Å²) in [6.45, 7) is 2.67. The normalized spacial score (nSPS) is 10.9. The van der Waals surface area contributed by atoms with Crippen LogP contribution in [0.15, 0.2) is 36.4 Å². The first-order valence-corrected chi connectivity index (χ1v) is 8.86. The van der Waals surface area contributed by atoms with Crippen molar-refractivity contribution in [3.63, 3.8) is 0 Å². The molecule has 0 heterocycles. The van der Waals surface area contributed by atoms with Gasteiger partial charge < -0.3 is 19.7 Å². The van der Waals surface area contributed by atoms with Crippen molar-refractivity contribution >= 4 is 17.3 Å². The zero-order valence-corrected chi connectivity index (χ0v) is 16.5. The molecule has 2 aromatic rings. The predicted octanol–water partition coefficient (Wildman–Crippen LogP) is 3.49. The molecule has 0 aliphatic carbocycles. The number of ether oxygens (including phenoxy) is 2. The molecule has 27 heavy (non-hydrogen) atoms. The highest BCUT2D eigenvalue weighted by Gasteiger charge is 2.11. The smallest absolute Gasteiger partial charge is 0.269 e. The van der Waals surface area contributed by atoms with E-state index in [9.17, 15) is 10.1 Å². The molecule has 0 saturated carbocycles. The highest BCUT2D eigenvalue weighted by molar-refractivity contribution is 6.31. The van der Waals surface area contributed by atoms with Gasteiger partial charge in [-0.2, -0.15) is 0 Å². The van der Waals surface area contributed by atoms with E-state index in [4.69, 9.17) is 21.1 Å². The molecule has 0 unspecified atom stereocenters. The van der Waals surface area contributed by atoms with Gasteiger partial charge in [0, 0.05) is 42.9 Å². The average molecular weight is 394 g/mol. The Bertz CT molecular complexity index is 766. The Morgan fingerprint density at radius 3 is 2.48 bits per heavy atom. The van der Waals surface area contributed by atoms with Gasteiger partial charge in [0.15, 0.2) is 11.5 Å². The molecule has 0 spiro atoms. The van der Waals surface area contributed by atoms with E-state index in [1.165, 1.54) is 12.1 Å². The highest BCUT2D eigenvalue weighted by Crippen LogP contribution is 2.34. The number of nitrogens with one attached hydrogen (secondary N) is 1. The summed E-state index contributed by atoms with van der Waals surface area (Å²) >= 11 is 6.38. The second kappa shape index (κ2) is 10.1. The molecular weight excluding hydrogens is 370 g/mol.